The summed E-state index contributed by atoms with van der Waals surface area (Å²) in [5.74, 6) is -0.285. The van der Waals surface area contributed by atoms with Crippen LogP contribution in [0.5, 0.6) is 0 Å². The van der Waals surface area contributed by atoms with Gasteiger partial charge in [0, 0.05) is 36.9 Å². The Labute approximate surface area is 177 Å². The average molecular weight is 415 g/mol. The van der Waals surface area contributed by atoms with Crippen molar-refractivity contribution in [3.63, 3.8) is 0 Å². The Bertz CT molecular complexity index is 788. The Morgan fingerprint density at radius 3 is 2.66 bits per heavy atom. The fourth-order valence-electron chi connectivity index (χ4n) is 3.40. The first kappa shape index (κ1) is 21.5. The van der Waals surface area contributed by atoms with Gasteiger partial charge in [-0.05, 0) is 49.6 Å². The minimum absolute atomic E-state index is 0.156. The summed E-state index contributed by atoms with van der Waals surface area (Å²) < 4.78 is 11.4. The minimum Gasteiger partial charge on any atom is -0.463 e. The maximum atomic E-state index is 11.4. The van der Waals surface area contributed by atoms with E-state index in [0.29, 0.717) is 11.6 Å². The second-order valence-electron chi connectivity index (χ2n) is 6.98. The highest BCUT2D eigenvalue weighted by atomic mass is 35.5. The molecule has 3 rings (SSSR count). The molecule has 1 atom stereocenters. The summed E-state index contributed by atoms with van der Waals surface area (Å²) in [6, 6.07) is 13.6. The quantitative estimate of drug-likeness (QED) is 0.472. The van der Waals surface area contributed by atoms with E-state index in [0.717, 1.165) is 43.7 Å². The Morgan fingerprint density at radius 2 is 2.00 bits per heavy atom. The second-order valence-corrected chi connectivity index (χ2v) is 7.41. The van der Waals surface area contributed by atoms with Gasteiger partial charge in [-0.2, -0.15) is 0 Å². The smallest absolute Gasteiger partial charge is 0.330 e. The van der Waals surface area contributed by atoms with Gasteiger partial charge < -0.3 is 9.47 Å². The van der Waals surface area contributed by atoms with Crippen molar-refractivity contribution in [2.75, 3.05) is 26.2 Å². The number of nitrogens with zero attached hydrogens (tertiary/aromatic N) is 2. The number of hydrogen-bond acceptors (Lipinski definition) is 5. The van der Waals surface area contributed by atoms with E-state index in [1.54, 1.807) is 13.1 Å². The molecule has 0 aliphatic carbocycles. The number of halogens is 1. The molecule has 2 aromatic rings. The van der Waals surface area contributed by atoms with Crippen LogP contribution in [-0.2, 0) is 14.3 Å². The van der Waals surface area contributed by atoms with Gasteiger partial charge in [-0.1, -0.05) is 35.9 Å². The highest BCUT2D eigenvalue weighted by molar-refractivity contribution is 6.30. The van der Waals surface area contributed by atoms with E-state index in [1.807, 2.05) is 48.5 Å². The molecule has 2 heterocycles. The first-order chi connectivity index (χ1) is 14.2. The summed E-state index contributed by atoms with van der Waals surface area (Å²) in [4.78, 5) is 18.2. The fraction of sp³-hybridized carbons (Fsp3) is 0.391. The van der Waals surface area contributed by atoms with E-state index in [1.165, 1.54) is 6.08 Å². The lowest BCUT2D eigenvalue weighted by Crippen LogP contribution is -2.37. The molecule has 29 heavy (non-hydrogen) atoms. The van der Waals surface area contributed by atoms with E-state index in [2.05, 4.69) is 9.88 Å². The lowest BCUT2D eigenvalue weighted by atomic mass is 10.0. The number of carbonyl (C=O) groups is 1. The molecule has 5 nitrogen and oxygen atoms in total. The number of esters is 1. The van der Waals surface area contributed by atoms with Crippen molar-refractivity contribution in [3.05, 3.63) is 77.1 Å². The van der Waals surface area contributed by atoms with Crippen LogP contribution in [0.2, 0.25) is 5.02 Å². The highest BCUT2D eigenvalue weighted by Crippen LogP contribution is 2.29. The lowest BCUT2D eigenvalue weighted by molar-refractivity contribution is -0.137. The zero-order valence-corrected chi connectivity index (χ0v) is 17.4. The maximum absolute atomic E-state index is 11.4. The van der Waals surface area contributed by atoms with Gasteiger partial charge in [0.25, 0.3) is 0 Å². The first-order valence-corrected chi connectivity index (χ1v) is 10.4. The molecule has 1 aliphatic heterocycles. The molecule has 1 unspecified atom stereocenters. The zero-order chi connectivity index (χ0) is 20.5. The third-order valence-electron chi connectivity index (χ3n) is 4.90. The molecule has 1 aliphatic rings. The number of likely N-dealkylation sites (tertiary alicyclic amines) is 1. The van der Waals surface area contributed by atoms with Crippen LogP contribution in [0.1, 0.15) is 37.1 Å². The number of rotatable bonds is 8. The fourth-order valence-corrected chi connectivity index (χ4v) is 3.52. The highest BCUT2D eigenvalue weighted by Gasteiger charge is 2.25. The third-order valence-corrected chi connectivity index (χ3v) is 5.15. The molecule has 0 saturated carbocycles. The van der Waals surface area contributed by atoms with Crippen LogP contribution < -0.4 is 0 Å². The molecule has 1 aromatic carbocycles. The number of aromatic nitrogens is 1. The number of hydrogen-bond donors (Lipinski definition) is 0. The Kier molecular flexibility index (Phi) is 8.23. The van der Waals surface area contributed by atoms with E-state index in [-0.39, 0.29) is 18.2 Å². The normalized spacial score (nSPS) is 16.8. The SMILES string of the molecule is CCOC(=O)/C=C/CN1CCC(OC(c2ccc(Cl)cc2)c2ccccn2)CC1. The van der Waals surface area contributed by atoms with E-state index >= 15 is 0 Å². The van der Waals surface area contributed by atoms with Crippen LogP contribution in [0.25, 0.3) is 0 Å². The lowest BCUT2D eigenvalue weighted by Gasteiger charge is -2.33. The van der Waals surface area contributed by atoms with Crippen molar-refractivity contribution in [2.24, 2.45) is 0 Å². The van der Waals surface area contributed by atoms with Gasteiger partial charge in [0.05, 0.1) is 18.4 Å². The molecule has 154 valence electrons. The molecule has 0 amide bonds. The zero-order valence-electron chi connectivity index (χ0n) is 16.7. The second kappa shape index (κ2) is 11.1. The Hall–Kier alpha value is -2.21. The van der Waals surface area contributed by atoms with Crippen LogP contribution in [0.15, 0.2) is 60.8 Å². The first-order valence-electron chi connectivity index (χ1n) is 10.0. The van der Waals surface area contributed by atoms with E-state index < -0.39 is 0 Å². The maximum Gasteiger partial charge on any atom is 0.330 e. The Morgan fingerprint density at radius 1 is 1.24 bits per heavy atom. The summed E-state index contributed by atoms with van der Waals surface area (Å²) in [6.07, 6.45) is 6.97. The monoisotopic (exact) mass is 414 g/mol. The van der Waals surface area contributed by atoms with Gasteiger partial charge in [0.1, 0.15) is 6.10 Å². The summed E-state index contributed by atoms with van der Waals surface area (Å²) in [6.45, 7) is 4.79. The molecular weight excluding hydrogens is 388 g/mol. The van der Waals surface area contributed by atoms with Crippen LogP contribution >= 0.6 is 11.6 Å². The molecule has 0 N–H and O–H groups in total. The predicted molar refractivity (Wildman–Crippen MR) is 114 cm³/mol. The van der Waals surface area contributed by atoms with Gasteiger partial charge in [0.15, 0.2) is 0 Å². The largest absolute Gasteiger partial charge is 0.463 e. The van der Waals surface area contributed by atoms with Crippen LogP contribution in [0, 0.1) is 0 Å². The molecule has 1 saturated heterocycles. The van der Waals surface area contributed by atoms with Gasteiger partial charge in [-0.3, -0.25) is 9.88 Å². The average Bonchev–Trinajstić information content (AvgIpc) is 2.75. The summed E-state index contributed by atoms with van der Waals surface area (Å²) in [7, 11) is 0. The van der Waals surface area contributed by atoms with Crippen molar-refractivity contribution in [2.45, 2.75) is 32.0 Å². The summed E-state index contributed by atoms with van der Waals surface area (Å²) in [5.41, 5.74) is 1.95. The van der Waals surface area contributed by atoms with Gasteiger partial charge >= 0.3 is 5.97 Å². The van der Waals surface area contributed by atoms with Crippen molar-refractivity contribution in [3.8, 4) is 0 Å². The minimum atomic E-state index is -0.285. The topological polar surface area (TPSA) is 51.7 Å². The number of carbonyl (C=O) groups excluding carboxylic acids is 1. The van der Waals surface area contributed by atoms with Crippen LogP contribution in [0.4, 0.5) is 0 Å². The molecule has 0 bridgehead atoms. The molecule has 0 spiro atoms. The third kappa shape index (κ3) is 6.67. The summed E-state index contributed by atoms with van der Waals surface area (Å²) >= 11 is 6.05. The van der Waals surface area contributed by atoms with E-state index in [4.69, 9.17) is 21.1 Å². The molecule has 6 heteroatoms. The van der Waals surface area contributed by atoms with E-state index in [9.17, 15) is 4.79 Å². The van der Waals surface area contributed by atoms with Crippen molar-refractivity contribution in [1.29, 1.82) is 0 Å². The van der Waals surface area contributed by atoms with Crippen molar-refractivity contribution < 1.29 is 14.3 Å². The number of piperidine rings is 1. The number of ether oxygens (including phenoxy) is 2. The molecule has 0 radical (unpaired) electrons. The van der Waals surface area contributed by atoms with Gasteiger partial charge in [-0.25, -0.2) is 4.79 Å². The predicted octanol–water partition coefficient (Wildman–Crippen LogP) is 4.42. The molecule has 1 fully saturated rings. The Balaban J connectivity index is 1.57. The number of benzene rings is 1. The summed E-state index contributed by atoms with van der Waals surface area (Å²) in [5, 5.41) is 0.706. The molecular formula is C23H27ClN2O3. The van der Waals surface area contributed by atoms with Gasteiger partial charge in [0.2, 0.25) is 0 Å². The number of pyridine rings is 1. The van der Waals surface area contributed by atoms with Crippen LogP contribution in [-0.4, -0.2) is 48.2 Å². The van der Waals surface area contributed by atoms with Crippen molar-refractivity contribution in [1.82, 2.24) is 9.88 Å². The molecule has 1 aromatic heterocycles. The van der Waals surface area contributed by atoms with Crippen LogP contribution in [0.3, 0.4) is 0 Å². The standard InChI is InChI=1S/C23H27ClN2O3/c1-2-28-22(27)7-5-15-26-16-12-20(13-17-26)29-23(21-6-3-4-14-25-21)18-8-10-19(24)11-9-18/h3-11,14,20,23H,2,12-13,15-17H2,1H3/b7-5+. The van der Waals surface area contributed by atoms with Gasteiger partial charge in [-0.15, -0.1) is 0 Å². The van der Waals surface area contributed by atoms with Crippen molar-refractivity contribution >= 4 is 17.6 Å².